The van der Waals surface area contributed by atoms with Crippen LogP contribution in [0.3, 0.4) is 0 Å². The molecule has 0 spiro atoms. The van der Waals surface area contributed by atoms with E-state index in [9.17, 15) is 9.18 Å². The molecule has 5 nitrogen and oxygen atoms in total. The van der Waals surface area contributed by atoms with E-state index in [2.05, 4.69) is 5.32 Å². The standard InChI is InChI=1S/C24H21ClFN3O2/c1-15(14-31-2)27-24(30)16-7-12-20-22(13-16)29(18-10-8-17(26)9-11-18)28-23(20)19-5-3-4-6-21(19)25/h3-13,15H,14H2,1-2H3,(H,27,30)/t15-/m0/s1. The van der Waals surface area contributed by atoms with Crippen LogP contribution in [0, 0.1) is 5.82 Å². The van der Waals surface area contributed by atoms with Crippen LogP contribution in [0.5, 0.6) is 0 Å². The van der Waals surface area contributed by atoms with E-state index in [1.165, 1.54) is 12.1 Å². The van der Waals surface area contributed by atoms with Gasteiger partial charge in [0.2, 0.25) is 0 Å². The Labute approximate surface area is 184 Å². The molecule has 1 amide bonds. The van der Waals surface area contributed by atoms with Crippen molar-refractivity contribution in [1.29, 1.82) is 0 Å². The lowest BCUT2D eigenvalue weighted by molar-refractivity contribution is 0.0905. The SMILES string of the molecule is COC[C@H](C)NC(=O)c1ccc2c(-c3ccccc3Cl)nn(-c3ccc(F)cc3)c2c1. The van der Waals surface area contributed by atoms with Crippen molar-refractivity contribution in [2.75, 3.05) is 13.7 Å². The number of hydrogen-bond donors (Lipinski definition) is 1. The molecule has 0 saturated heterocycles. The number of benzene rings is 3. The van der Waals surface area contributed by atoms with E-state index in [-0.39, 0.29) is 17.8 Å². The molecule has 4 rings (SSSR count). The van der Waals surface area contributed by atoms with Gasteiger partial charge in [-0.2, -0.15) is 5.10 Å². The molecule has 0 aliphatic rings. The van der Waals surface area contributed by atoms with Gasteiger partial charge in [-0.05, 0) is 55.5 Å². The molecule has 0 radical (unpaired) electrons. The number of nitrogens with one attached hydrogen (secondary N) is 1. The molecular weight excluding hydrogens is 417 g/mol. The first-order valence-electron chi connectivity index (χ1n) is 9.81. The first kappa shape index (κ1) is 21.0. The van der Waals surface area contributed by atoms with Crippen LogP contribution in [0.25, 0.3) is 27.8 Å². The minimum absolute atomic E-state index is 0.131. The first-order valence-corrected chi connectivity index (χ1v) is 10.2. The van der Waals surface area contributed by atoms with Gasteiger partial charge in [0.15, 0.2) is 0 Å². The van der Waals surface area contributed by atoms with E-state index in [0.717, 1.165) is 10.9 Å². The predicted molar refractivity (Wildman–Crippen MR) is 120 cm³/mol. The minimum Gasteiger partial charge on any atom is -0.383 e. The molecule has 0 unspecified atom stereocenters. The fourth-order valence-electron chi connectivity index (χ4n) is 3.49. The smallest absolute Gasteiger partial charge is 0.251 e. The lowest BCUT2D eigenvalue weighted by Crippen LogP contribution is -2.35. The number of nitrogens with zero attached hydrogens (tertiary/aromatic N) is 2. The maximum Gasteiger partial charge on any atom is 0.251 e. The van der Waals surface area contributed by atoms with Crippen LogP contribution in [0.4, 0.5) is 4.39 Å². The Kier molecular flexibility index (Phi) is 6.02. The highest BCUT2D eigenvalue weighted by Crippen LogP contribution is 2.34. The second-order valence-corrected chi connectivity index (χ2v) is 7.69. The second-order valence-electron chi connectivity index (χ2n) is 7.28. The summed E-state index contributed by atoms with van der Waals surface area (Å²) < 4.78 is 20.3. The van der Waals surface area contributed by atoms with Crippen molar-refractivity contribution in [1.82, 2.24) is 15.1 Å². The third-order valence-electron chi connectivity index (χ3n) is 4.94. The maximum absolute atomic E-state index is 13.5. The number of hydrogen-bond acceptors (Lipinski definition) is 3. The van der Waals surface area contributed by atoms with Gasteiger partial charge in [0.25, 0.3) is 5.91 Å². The number of carbonyl (C=O) groups excluding carboxylic acids is 1. The monoisotopic (exact) mass is 437 g/mol. The summed E-state index contributed by atoms with van der Waals surface area (Å²) in [6, 6.07) is 18.8. The predicted octanol–water partition coefficient (Wildman–Crippen LogP) is 5.25. The molecule has 1 heterocycles. The molecule has 31 heavy (non-hydrogen) atoms. The van der Waals surface area contributed by atoms with Crippen LogP contribution in [-0.4, -0.2) is 35.4 Å². The van der Waals surface area contributed by atoms with Crippen molar-refractivity contribution in [2.45, 2.75) is 13.0 Å². The molecule has 1 atom stereocenters. The van der Waals surface area contributed by atoms with Gasteiger partial charge in [-0.15, -0.1) is 0 Å². The van der Waals surface area contributed by atoms with Crippen LogP contribution in [0.1, 0.15) is 17.3 Å². The normalized spacial score (nSPS) is 12.1. The molecule has 0 bridgehead atoms. The fourth-order valence-corrected chi connectivity index (χ4v) is 3.71. The topological polar surface area (TPSA) is 56.1 Å². The van der Waals surface area contributed by atoms with Gasteiger partial charge in [-0.1, -0.05) is 29.8 Å². The van der Waals surface area contributed by atoms with E-state index < -0.39 is 0 Å². The lowest BCUT2D eigenvalue weighted by atomic mass is 10.1. The van der Waals surface area contributed by atoms with Gasteiger partial charge in [-0.25, -0.2) is 9.07 Å². The van der Waals surface area contributed by atoms with Crippen LogP contribution >= 0.6 is 11.6 Å². The van der Waals surface area contributed by atoms with Gasteiger partial charge >= 0.3 is 0 Å². The van der Waals surface area contributed by atoms with Crippen molar-refractivity contribution >= 4 is 28.4 Å². The first-order chi connectivity index (χ1) is 15.0. The van der Waals surface area contributed by atoms with Crippen molar-refractivity contribution in [3.63, 3.8) is 0 Å². The maximum atomic E-state index is 13.5. The number of halogens is 2. The van der Waals surface area contributed by atoms with E-state index in [0.29, 0.717) is 34.1 Å². The molecule has 0 aliphatic carbocycles. The Bertz CT molecular complexity index is 1240. The minimum atomic E-state index is -0.335. The third kappa shape index (κ3) is 4.31. The van der Waals surface area contributed by atoms with Gasteiger partial charge in [0.1, 0.15) is 11.5 Å². The average Bonchev–Trinajstić information content (AvgIpc) is 3.13. The van der Waals surface area contributed by atoms with E-state index in [4.69, 9.17) is 21.4 Å². The fraction of sp³-hybridized carbons (Fsp3) is 0.167. The Morgan fingerprint density at radius 1 is 1.16 bits per heavy atom. The largest absolute Gasteiger partial charge is 0.383 e. The molecule has 4 aromatic rings. The number of amides is 1. The molecule has 3 aromatic carbocycles. The number of aromatic nitrogens is 2. The van der Waals surface area contributed by atoms with Gasteiger partial charge in [-0.3, -0.25) is 4.79 Å². The number of carbonyl (C=O) groups is 1. The highest BCUT2D eigenvalue weighted by molar-refractivity contribution is 6.33. The van der Waals surface area contributed by atoms with Crippen LogP contribution in [-0.2, 0) is 4.74 Å². The van der Waals surface area contributed by atoms with Crippen molar-refractivity contribution in [2.24, 2.45) is 0 Å². The average molecular weight is 438 g/mol. The summed E-state index contributed by atoms with van der Waals surface area (Å²) >= 11 is 6.43. The summed E-state index contributed by atoms with van der Waals surface area (Å²) in [4.78, 5) is 12.7. The van der Waals surface area contributed by atoms with Crippen molar-refractivity contribution < 1.29 is 13.9 Å². The molecule has 1 aromatic heterocycles. The van der Waals surface area contributed by atoms with Crippen molar-refractivity contribution in [3.8, 4) is 16.9 Å². The summed E-state index contributed by atoms with van der Waals surface area (Å²) in [7, 11) is 1.59. The molecule has 1 N–H and O–H groups in total. The molecule has 158 valence electrons. The Morgan fingerprint density at radius 2 is 1.90 bits per heavy atom. The zero-order chi connectivity index (χ0) is 22.0. The number of methoxy groups -OCH3 is 1. The molecule has 0 fully saturated rings. The van der Waals surface area contributed by atoms with E-state index >= 15 is 0 Å². The zero-order valence-corrected chi connectivity index (χ0v) is 17.9. The van der Waals surface area contributed by atoms with Crippen LogP contribution in [0.15, 0.2) is 66.7 Å². The van der Waals surface area contributed by atoms with Crippen LogP contribution in [0.2, 0.25) is 5.02 Å². The van der Waals surface area contributed by atoms with E-state index in [1.54, 1.807) is 42.1 Å². The Hall–Kier alpha value is -3.22. The second kappa shape index (κ2) is 8.88. The lowest BCUT2D eigenvalue weighted by Gasteiger charge is -2.13. The summed E-state index contributed by atoms with van der Waals surface area (Å²) in [6.07, 6.45) is 0. The third-order valence-corrected chi connectivity index (χ3v) is 5.27. The number of rotatable bonds is 6. The summed E-state index contributed by atoms with van der Waals surface area (Å²) in [5.74, 6) is -0.545. The molecule has 0 saturated carbocycles. The zero-order valence-electron chi connectivity index (χ0n) is 17.1. The molecular formula is C24H21ClFN3O2. The quantitative estimate of drug-likeness (QED) is 0.448. The van der Waals surface area contributed by atoms with Gasteiger partial charge in [0, 0.05) is 29.7 Å². The van der Waals surface area contributed by atoms with Gasteiger partial charge < -0.3 is 10.1 Å². The molecule has 7 heteroatoms. The number of ether oxygens (including phenoxy) is 1. The van der Waals surface area contributed by atoms with E-state index in [1.807, 2.05) is 31.2 Å². The van der Waals surface area contributed by atoms with Gasteiger partial charge in [0.05, 0.1) is 22.8 Å². The van der Waals surface area contributed by atoms with Crippen molar-refractivity contribution in [3.05, 3.63) is 83.1 Å². The Balaban J connectivity index is 1.86. The highest BCUT2D eigenvalue weighted by atomic mass is 35.5. The summed E-state index contributed by atoms with van der Waals surface area (Å²) in [6.45, 7) is 2.29. The molecule has 0 aliphatic heterocycles. The van der Waals surface area contributed by atoms with Crippen LogP contribution < -0.4 is 5.32 Å². The Morgan fingerprint density at radius 3 is 2.61 bits per heavy atom. The highest BCUT2D eigenvalue weighted by Gasteiger charge is 2.18. The summed E-state index contributed by atoms with van der Waals surface area (Å²) in [5.41, 5.74) is 3.35. The summed E-state index contributed by atoms with van der Waals surface area (Å²) in [5, 5.41) is 9.09. The number of fused-ring (bicyclic) bond motifs is 1.